The third-order valence-electron chi connectivity index (χ3n) is 4.19. The second-order valence-electron chi connectivity index (χ2n) is 6.65. The van der Waals surface area contributed by atoms with Crippen LogP contribution in [0.15, 0.2) is 48.5 Å². The van der Waals surface area contributed by atoms with E-state index in [2.05, 4.69) is 5.32 Å². The number of aryl methyl sites for hydroxylation is 2. The van der Waals surface area contributed by atoms with Gasteiger partial charge in [-0.15, -0.1) is 0 Å². The summed E-state index contributed by atoms with van der Waals surface area (Å²) in [7, 11) is 0. The summed E-state index contributed by atoms with van der Waals surface area (Å²) in [5.41, 5.74) is 0.418. The predicted molar refractivity (Wildman–Crippen MR) is 105 cm³/mol. The Hall–Kier alpha value is -3.88. The van der Waals surface area contributed by atoms with Crippen molar-refractivity contribution in [3.8, 4) is 11.5 Å². The van der Waals surface area contributed by atoms with Gasteiger partial charge in [0.1, 0.15) is 40.3 Å². The van der Waals surface area contributed by atoms with Crippen LogP contribution >= 0.6 is 0 Å². The summed E-state index contributed by atoms with van der Waals surface area (Å²) in [6.45, 7) is 3.28. The number of urea groups is 1. The molecule has 0 saturated heterocycles. The van der Waals surface area contributed by atoms with E-state index in [1.807, 2.05) is 5.32 Å². The summed E-state index contributed by atoms with van der Waals surface area (Å²) in [5.74, 6) is -4.76. The lowest BCUT2D eigenvalue weighted by atomic mass is 10.1. The van der Waals surface area contributed by atoms with E-state index in [4.69, 9.17) is 4.74 Å². The van der Waals surface area contributed by atoms with E-state index < -0.39 is 40.8 Å². The Labute approximate surface area is 174 Å². The SMILES string of the molecule is Cc1cc(NC(=O)NC(=O)c2c(F)cccc2F)cc(C)c1Oc1cc(F)cc(F)c1. The first-order valence-corrected chi connectivity index (χ1v) is 8.95. The fourth-order valence-corrected chi connectivity index (χ4v) is 2.93. The van der Waals surface area contributed by atoms with Crippen molar-refractivity contribution < 1.29 is 31.9 Å². The molecule has 31 heavy (non-hydrogen) atoms. The number of halogens is 4. The number of imide groups is 1. The summed E-state index contributed by atoms with van der Waals surface area (Å²) >= 11 is 0. The Bertz CT molecular complexity index is 1120. The van der Waals surface area contributed by atoms with Crippen molar-refractivity contribution in [2.75, 3.05) is 5.32 Å². The van der Waals surface area contributed by atoms with E-state index in [1.165, 1.54) is 12.1 Å². The molecule has 0 aliphatic carbocycles. The molecule has 3 amide bonds. The second kappa shape index (κ2) is 8.86. The molecule has 9 heteroatoms. The maximum absolute atomic E-state index is 13.7. The van der Waals surface area contributed by atoms with Crippen molar-refractivity contribution in [3.05, 3.63) is 88.5 Å². The van der Waals surface area contributed by atoms with Crippen molar-refractivity contribution >= 4 is 17.6 Å². The molecular weight excluding hydrogens is 416 g/mol. The molecule has 0 atom stereocenters. The van der Waals surface area contributed by atoms with Gasteiger partial charge in [0.2, 0.25) is 0 Å². The van der Waals surface area contributed by atoms with Crippen LogP contribution < -0.4 is 15.4 Å². The van der Waals surface area contributed by atoms with E-state index in [0.29, 0.717) is 22.9 Å². The van der Waals surface area contributed by atoms with Gasteiger partial charge in [0.15, 0.2) is 0 Å². The first-order valence-electron chi connectivity index (χ1n) is 8.95. The minimum atomic E-state index is -1.24. The van der Waals surface area contributed by atoms with Crippen LogP contribution in [-0.4, -0.2) is 11.9 Å². The number of ether oxygens (including phenoxy) is 1. The summed E-state index contributed by atoms with van der Waals surface area (Å²) in [5, 5.41) is 4.23. The number of carbonyl (C=O) groups is 2. The maximum atomic E-state index is 13.7. The molecule has 3 aromatic carbocycles. The van der Waals surface area contributed by atoms with Crippen LogP contribution in [0.2, 0.25) is 0 Å². The summed E-state index contributed by atoms with van der Waals surface area (Å²) in [6.07, 6.45) is 0. The Balaban J connectivity index is 1.74. The fourth-order valence-electron chi connectivity index (χ4n) is 2.93. The zero-order chi connectivity index (χ0) is 22.7. The quantitative estimate of drug-likeness (QED) is 0.527. The van der Waals surface area contributed by atoms with Crippen LogP contribution in [0.1, 0.15) is 21.5 Å². The van der Waals surface area contributed by atoms with Crippen LogP contribution in [0.5, 0.6) is 11.5 Å². The van der Waals surface area contributed by atoms with Gasteiger partial charge in [0, 0.05) is 23.9 Å². The van der Waals surface area contributed by atoms with E-state index in [1.54, 1.807) is 13.8 Å². The zero-order valence-electron chi connectivity index (χ0n) is 16.4. The number of benzene rings is 3. The van der Waals surface area contributed by atoms with Gasteiger partial charge in [-0.2, -0.15) is 0 Å². The Morgan fingerprint density at radius 3 is 1.94 bits per heavy atom. The molecule has 2 N–H and O–H groups in total. The van der Waals surface area contributed by atoms with Gasteiger partial charge in [-0.05, 0) is 49.2 Å². The summed E-state index contributed by atoms with van der Waals surface area (Å²) in [6, 6.07) is 7.62. The summed E-state index contributed by atoms with van der Waals surface area (Å²) in [4.78, 5) is 24.1. The molecule has 0 bridgehead atoms. The molecule has 0 heterocycles. The lowest BCUT2D eigenvalue weighted by Gasteiger charge is -2.15. The lowest BCUT2D eigenvalue weighted by Crippen LogP contribution is -2.35. The first kappa shape index (κ1) is 21.8. The lowest BCUT2D eigenvalue weighted by molar-refractivity contribution is 0.0959. The van der Waals surface area contributed by atoms with E-state index in [9.17, 15) is 27.2 Å². The number of nitrogens with one attached hydrogen (secondary N) is 2. The minimum Gasteiger partial charge on any atom is -0.457 e. The standard InChI is InChI=1S/C22H16F4N2O3/c1-11-6-15(7-12(2)20(11)31-16-9-13(23)8-14(24)10-16)27-22(30)28-21(29)19-17(25)4-3-5-18(19)26/h3-10H,1-2H3,(H2,27,28,29,30). The largest absolute Gasteiger partial charge is 0.457 e. The zero-order valence-corrected chi connectivity index (χ0v) is 16.4. The van der Waals surface area contributed by atoms with Crippen molar-refractivity contribution in [2.45, 2.75) is 13.8 Å². The number of amides is 3. The van der Waals surface area contributed by atoms with Gasteiger partial charge < -0.3 is 10.1 Å². The van der Waals surface area contributed by atoms with E-state index in [-0.39, 0.29) is 11.4 Å². The normalized spacial score (nSPS) is 10.5. The molecule has 0 unspecified atom stereocenters. The molecule has 0 aromatic heterocycles. The smallest absolute Gasteiger partial charge is 0.326 e. The van der Waals surface area contributed by atoms with E-state index in [0.717, 1.165) is 30.3 Å². The molecule has 3 rings (SSSR count). The monoisotopic (exact) mass is 432 g/mol. The number of carbonyl (C=O) groups excluding carboxylic acids is 2. The van der Waals surface area contributed by atoms with Crippen LogP contribution in [0.3, 0.4) is 0 Å². The molecule has 0 aliphatic rings. The Morgan fingerprint density at radius 1 is 0.839 bits per heavy atom. The average Bonchev–Trinajstić information content (AvgIpc) is 2.63. The molecule has 5 nitrogen and oxygen atoms in total. The average molecular weight is 432 g/mol. The van der Waals surface area contributed by atoms with Gasteiger partial charge in [0.25, 0.3) is 5.91 Å². The van der Waals surface area contributed by atoms with Crippen LogP contribution in [0.25, 0.3) is 0 Å². The predicted octanol–water partition coefficient (Wildman–Crippen LogP) is 5.61. The third-order valence-corrected chi connectivity index (χ3v) is 4.19. The molecule has 3 aromatic rings. The first-order chi connectivity index (χ1) is 14.6. The van der Waals surface area contributed by atoms with Crippen molar-refractivity contribution in [1.82, 2.24) is 5.32 Å². The third kappa shape index (κ3) is 5.19. The molecule has 0 saturated carbocycles. The summed E-state index contributed by atoms with van der Waals surface area (Å²) < 4.78 is 59.6. The highest BCUT2D eigenvalue weighted by Crippen LogP contribution is 2.32. The van der Waals surface area contributed by atoms with Crippen molar-refractivity contribution in [2.24, 2.45) is 0 Å². The van der Waals surface area contributed by atoms with Crippen LogP contribution in [-0.2, 0) is 0 Å². The number of hydrogen-bond acceptors (Lipinski definition) is 3. The number of hydrogen-bond donors (Lipinski definition) is 2. The van der Waals surface area contributed by atoms with Gasteiger partial charge in [-0.1, -0.05) is 6.07 Å². The number of rotatable bonds is 4. The molecular formula is C22H16F4N2O3. The Morgan fingerprint density at radius 2 is 1.39 bits per heavy atom. The van der Waals surface area contributed by atoms with Crippen molar-refractivity contribution in [3.63, 3.8) is 0 Å². The Kier molecular flexibility index (Phi) is 6.24. The fraction of sp³-hybridized carbons (Fsp3) is 0.0909. The highest BCUT2D eigenvalue weighted by molar-refractivity contribution is 6.08. The van der Waals surface area contributed by atoms with Gasteiger partial charge >= 0.3 is 6.03 Å². The van der Waals surface area contributed by atoms with Crippen molar-refractivity contribution in [1.29, 1.82) is 0 Å². The highest BCUT2D eigenvalue weighted by atomic mass is 19.1. The topological polar surface area (TPSA) is 67.4 Å². The maximum Gasteiger partial charge on any atom is 0.326 e. The second-order valence-corrected chi connectivity index (χ2v) is 6.65. The molecule has 0 spiro atoms. The number of anilines is 1. The van der Waals surface area contributed by atoms with Gasteiger partial charge in [-0.25, -0.2) is 22.4 Å². The highest BCUT2D eigenvalue weighted by Gasteiger charge is 2.19. The molecule has 0 fully saturated rings. The molecule has 0 radical (unpaired) electrons. The van der Waals surface area contributed by atoms with Crippen LogP contribution in [0, 0.1) is 37.1 Å². The minimum absolute atomic E-state index is 0.0420. The van der Waals surface area contributed by atoms with Gasteiger partial charge in [-0.3, -0.25) is 10.1 Å². The van der Waals surface area contributed by atoms with Gasteiger partial charge in [0.05, 0.1) is 0 Å². The van der Waals surface area contributed by atoms with Crippen LogP contribution in [0.4, 0.5) is 28.0 Å². The molecule has 0 aliphatic heterocycles. The van der Waals surface area contributed by atoms with E-state index >= 15 is 0 Å². The molecule has 160 valence electrons.